The first-order chi connectivity index (χ1) is 5.79. The second-order valence-corrected chi connectivity index (χ2v) is 2.40. The fourth-order valence-corrected chi connectivity index (χ4v) is 0.955. The van der Waals surface area contributed by atoms with E-state index in [0.29, 0.717) is 0 Å². The van der Waals surface area contributed by atoms with E-state index < -0.39 is 0 Å². The molecule has 0 unspecified atom stereocenters. The number of rotatable bonds is 3. The molecule has 0 amide bonds. The monoisotopic (exact) mass is 163 g/mol. The highest BCUT2D eigenvalue weighted by Gasteiger charge is 2.02. The summed E-state index contributed by atoms with van der Waals surface area (Å²) in [4.78, 5) is 4.21. The first-order valence-corrected chi connectivity index (χ1v) is 3.78. The van der Waals surface area contributed by atoms with E-state index in [4.69, 9.17) is 0 Å². The Hall–Kier alpha value is -1.35. The highest BCUT2D eigenvalue weighted by molar-refractivity contribution is 5.61. The molecule has 1 aromatic heterocycles. The van der Waals surface area contributed by atoms with Crippen molar-refractivity contribution in [3.8, 4) is 0 Å². The van der Waals surface area contributed by atoms with Crippen molar-refractivity contribution < 1.29 is 0 Å². The molecule has 0 bridgehead atoms. The molecule has 0 radical (unpaired) electrons. The van der Waals surface area contributed by atoms with Crippen molar-refractivity contribution in [2.45, 2.75) is 0 Å². The number of nitrogens with zero attached hydrogens (tertiary/aromatic N) is 2. The maximum Gasteiger partial charge on any atom is 0.149 e. The van der Waals surface area contributed by atoms with Gasteiger partial charge in [0.1, 0.15) is 5.82 Å². The standard InChI is InChI=1S/C9H13N3/c1-4-8-6-5-7-11-9(8)12(3)10-2/h4-7,10H,1H2,2-3H3. The van der Waals surface area contributed by atoms with Gasteiger partial charge in [-0.25, -0.2) is 10.4 Å². The van der Waals surface area contributed by atoms with Gasteiger partial charge >= 0.3 is 0 Å². The summed E-state index contributed by atoms with van der Waals surface area (Å²) in [6, 6.07) is 3.87. The summed E-state index contributed by atoms with van der Waals surface area (Å²) in [5.41, 5.74) is 4.00. The van der Waals surface area contributed by atoms with Gasteiger partial charge in [-0.15, -0.1) is 0 Å². The van der Waals surface area contributed by atoms with Gasteiger partial charge in [-0.05, 0) is 12.1 Å². The van der Waals surface area contributed by atoms with E-state index in [1.807, 2.05) is 31.2 Å². The van der Waals surface area contributed by atoms with Crippen molar-refractivity contribution in [3.05, 3.63) is 30.5 Å². The van der Waals surface area contributed by atoms with Crippen LogP contribution >= 0.6 is 0 Å². The Labute approximate surface area is 72.7 Å². The molecule has 0 aromatic carbocycles. The quantitative estimate of drug-likeness (QED) is 0.681. The molecular formula is C9H13N3. The molecule has 0 aliphatic rings. The molecule has 0 aliphatic carbocycles. The normalized spacial score (nSPS) is 9.50. The summed E-state index contributed by atoms with van der Waals surface area (Å²) in [5, 5.41) is 1.84. The van der Waals surface area contributed by atoms with Crippen LogP contribution in [-0.2, 0) is 0 Å². The maximum atomic E-state index is 4.21. The molecule has 1 heterocycles. The molecule has 12 heavy (non-hydrogen) atoms. The number of hydrogen-bond acceptors (Lipinski definition) is 3. The number of pyridine rings is 1. The topological polar surface area (TPSA) is 28.2 Å². The minimum Gasteiger partial charge on any atom is -0.295 e. The van der Waals surface area contributed by atoms with Crippen LogP contribution in [0.3, 0.4) is 0 Å². The zero-order valence-electron chi connectivity index (χ0n) is 7.41. The van der Waals surface area contributed by atoms with Crippen LogP contribution < -0.4 is 10.4 Å². The third-order valence-electron chi connectivity index (χ3n) is 1.69. The number of anilines is 1. The fourth-order valence-electron chi connectivity index (χ4n) is 0.955. The van der Waals surface area contributed by atoms with Gasteiger partial charge in [0, 0.05) is 25.9 Å². The molecule has 0 saturated carbocycles. The summed E-state index contributed by atoms with van der Waals surface area (Å²) in [5.74, 6) is 0.884. The van der Waals surface area contributed by atoms with Crippen LogP contribution in [0.15, 0.2) is 24.9 Å². The molecule has 1 aromatic rings. The second kappa shape index (κ2) is 3.88. The van der Waals surface area contributed by atoms with Crippen LogP contribution in [0.2, 0.25) is 0 Å². The number of hydrazine groups is 1. The van der Waals surface area contributed by atoms with Crippen molar-refractivity contribution in [1.29, 1.82) is 0 Å². The molecule has 3 nitrogen and oxygen atoms in total. The lowest BCUT2D eigenvalue weighted by atomic mass is 10.2. The summed E-state index contributed by atoms with van der Waals surface area (Å²) in [6.07, 6.45) is 3.55. The van der Waals surface area contributed by atoms with Crippen molar-refractivity contribution in [1.82, 2.24) is 10.4 Å². The van der Waals surface area contributed by atoms with Gasteiger partial charge in [-0.3, -0.25) is 5.01 Å². The van der Waals surface area contributed by atoms with Crippen molar-refractivity contribution in [3.63, 3.8) is 0 Å². The van der Waals surface area contributed by atoms with Gasteiger partial charge in [0.25, 0.3) is 0 Å². The van der Waals surface area contributed by atoms with Crippen LogP contribution in [0.4, 0.5) is 5.82 Å². The van der Waals surface area contributed by atoms with Gasteiger partial charge in [0.15, 0.2) is 0 Å². The molecule has 0 spiro atoms. The average Bonchev–Trinajstić information content (AvgIpc) is 2.16. The minimum atomic E-state index is 0.884. The molecule has 0 atom stereocenters. The molecular weight excluding hydrogens is 150 g/mol. The van der Waals surface area contributed by atoms with E-state index in [-0.39, 0.29) is 0 Å². The van der Waals surface area contributed by atoms with Crippen molar-refractivity contribution in [2.24, 2.45) is 0 Å². The molecule has 3 heteroatoms. The first-order valence-electron chi connectivity index (χ1n) is 3.78. The van der Waals surface area contributed by atoms with Gasteiger partial charge in [-0.1, -0.05) is 12.7 Å². The van der Waals surface area contributed by atoms with Gasteiger partial charge in [0.2, 0.25) is 0 Å². The van der Waals surface area contributed by atoms with E-state index in [2.05, 4.69) is 17.0 Å². The molecule has 1 rings (SSSR count). The van der Waals surface area contributed by atoms with Crippen molar-refractivity contribution in [2.75, 3.05) is 19.1 Å². The lowest BCUT2D eigenvalue weighted by Gasteiger charge is -2.17. The first kappa shape index (κ1) is 8.74. The van der Waals surface area contributed by atoms with Crippen LogP contribution in [-0.4, -0.2) is 19.1 Å². The van der Waals surface area contributed by atoms with Crippen LogP contribution in [0.5, 0.6) is 0 Å². The summed E-state index contributed by atoms with van der Waals surface area (Å²) in [6.45, 7) is 3.71. The Balaban J connectivity index is 3.04. The van der Waals surface area contributed by atoms with Crippen molar-refractivity contribution >= 4 is 11.9 Å². The number of nitrogens with one attached hydrogen (secondary N) is 1. The third-order valence-corrected chi connectivity index (χ3v) is 1.69. The highest BCUT2D eigenvalue weighted by atomic mass is 15.5. The minimum absolute atomic E-state index is 0.884. The van der Waals surface area contributed by atoms with E-state index in [1.165, 1.54) is 0 Å². The predicted octanol–water partition coefficient (Wildman–Crippen LogP) is 1.30. The Morgan fingerprint density at radius 3 is 3.00 bits per heavy atom. The summed E-state index contributed by atoms with van der Waals surface area (Å²) < 4.78 is 0. The smallest absolute Gasteiger partial charge is 0.149 e. The largest absolute Gasteiger partial charge is 0.295 e. The number of hydrogen-bond donors (Lipinski definition) is 1. The zero-order chi connectivity index (χ0) is 8.97. The van der Waals surface area contributed by atoms with E-state index in [9.17, 15) is 0 Å². The highest BCUT2D eigenvalue weighted by Crippen LogP contribution is 2.14. The Bertz CT molecular complexity index is 270. The summed E-state index contributed by atoms with van der Waals surface area (Å²) >= 11 is 0. The molecule has 1 N–H and O–H groups in total. The summed E-state index contributed by atoms with van der Waals surface area (Å²) in [7, 11) is 3.76. The van der Waals surface area contributed by atoms with E-state index >= 15 is 0 Å². The maximum absolute atomic E-state index is 4.21. The van der Waals surface area contributed by atoms with Gasteiger partial charge in [0.05, 0.1) is 0 Å². The second-order valence-electron chi connectivity index (χ2n) is 2.40. The number of aromatic nitrogens is 1. The fraction of sp³-hybridized carbons (Fsp3) is 0.222. The van der Waals surface area contributed by atoms with Crippen LogP contribution in [0, 0.1) is 0 Å². The average molecular weight is 163 g/mol. The van der Waals surface area contributed by atoms with E-state index in [1.54, 1.807) is 12.3 Å². The zero-order valence-corrected chi connectivity index (χ0v) is 7.41. The predicted molar refractivity (Wildman–Crippen MR) is 51.8 cm³/mol. The van der Waals surface area contributed by atoms with E-state index in [0.717, 1.165) is 11.4 Å². The Kier molecular flexibility index (Phi) is 2.82. The lowest BCUT2D eigenvalue weighted by molar-refractivity contribution is 0.775. The Morgan fingerprint density at radius 1 is 1.67 bits per heavy atom. The third kappa shape index (κ3) is 1.62. The molecule has 0 fully saturated rings. The van der Waals surface area contributed by atoms with Crippen LogP contribution in [0.25, 0.3) is 6.08 Å². The Morgan fingerprint density at radius 2 is 2.42 bits per heavy atom. The van der Waals surface area contributed by atoms with Gasteiger partial charge < -0.3 is 0 Å². The van der Waals surface area contributed by atoms with Crippen LogP contribution in [0.1, 0.15) is 5.56 Å². The molecule has 0 saturated heterocycles. The SMILES string of the molecule is C=Cc1cccnc1N(C)NC. The lowest BCUT2D eigenvalue weighted by Crippen LogP contribution is -2.31. The van der Waals surface area contributed by atoms with Gasteiger partial charge in [-0.2, -0.15) is 0 Å². The molecule has 64 valence electrons. The molecule has 0 aliphatic heterocycles.